The van der Waals surface area contributed by atoms with E-state index in [-0.39, 0.29) is 18.0 Å². The number of nitrogens with one attached hydrogen (secondary N) is 2. The molecule has 106 valence electrons. The van der Waals surface area contributed by atoms with Gasteiger partial charge in [0.25, 0.3) is 0 Å². The molecule has 2 amide bonds. The predicted molar refractivity (Wildman–Crippen MR) is 76.2 cm³/mol. The molecule has 2 saturated heterocycles. The van der Waals surface area contributed by atoms with Crippen molar-refractivity contribution in [2.24, 2.45) is 5.92 Å². The Kier molecular flexibility index (Phi) is 2.57. The van der Waals surface area contributed by atoms with Gasteiger partial charge in [-0.05, 0) is 11.8 Å². The first-order chi connectivity index (χ1) is 9.73. The Bertz CT molecular complexity index is 580. The summed E-state index contributed by atoms with van der Waals surface area (Å²) in [5.41, 5.74) is 0.433. The van der Waals surface area contributed by atoms with Crippen LogP contribution in [0, 0.1) is 5.92 Å². The van der Waals surface area contributed by atoms with Gasteiger partial charge in [-0.25, -0.2) is 4.79 Å². The highest BCUT2D eigenvalue weighted by Gasteiger charge is 2.56. The molecule has 3 unspecified atom stereocenters. The number of carbonyl (C=O) groups excluding carboxylic acids is 1. The molecule has 2 fully saturated rings. The first-order valence-corrected chi connectivity index (χ1v) is 7.91. The number of fused-ring (bicyclic) bond motifs is 2. The van der Waals surface area contributed by atoms with E-state index in [4.69, 9.17) is 9.47 Å². The zero-order valence-corrected chi connectivity index (χ0v) is 12.0. The number of rotatable bonds is 1. The maximum Gasteiger partial charge on any atom is 0.318 e. The fourth-order valence-electron chi connectivity index (χ4n) is 3.42. The predicted octanol–water partition coefficient (Wildman–Crippen LogP) is 1.89. The number of hydrogen-bond acceptors (Lipinski definition) is 4. The second kappa shape index (κ2) is 4.22. The third-order valence-corrected chi connectivity index (χ3v) is 5.46. The molecule has 2 N–H and O–H groups in total. The lowest BCUT2D eigenvalue weighted by Crippen LogP contribution is -2.71. The van der Waals surface area contributed by atoms with Gasteiger partial charge in [0.2, 0.25) is 0 Å². The molecule has 3 aliphatic heterocycles. The maximum atomic E-state index is 12.0. The van der Waals surface area contributed by atoms with Gasteiger partial charge >= 0.3 is 6.03 Å². The van der Waals surface area contributed by atoms with Crippen LogP contribution in [0.15, 0.2) is 18.2 Å². The highest BCUT2D eigenvalue weighted by atomic mass is 32.2. The minimum absolute atomic E-state index is 0.00426. The summed E-state index contributed by atoms with van der Waals surface area (Å²) in [6, 6.07) is 5.70. The number of ether oxygens (including phenoxy) is 2. The Labute approximate surface area is 121 Å². The third kappa shape index (κ3) is 1.54. The Morgan fingerprint density at radius 1 is 1.50 bits per heavy atom. The van der Waals surface area contributed by atoms with E-state index in [9.17, 15) is 4.79 Å². The fraction of sp³-hybridized carbons (Fsp3) is 0.500. The summed E-state index contributed by atoms with van der Waals surface area (Å²) in [6.07, 6.45) is 0.823. The topological polar surface area (TPSA) is 59.6 Å². The number of amides is 2. The molecule has 1 aromatic carbocycles. The molecule has 6 heteroatoms. The maximum absolute atomic E-state index is 12.0. The summed E-state index contributed by atoms with van der Waals surface area (Å²) in [5.74, 6) is 3.71. The van der Waals surface area contributed by atoms with Crippen LogP contribution >= 0.6 is 11.8 Å². The molecular formula is C14H16N2O3S. The van der Waals surface area contributed by atoms with Crippen LogP contribution in [-0.4, -0.2) is 30.4 Å². The highest BCUT2D eigenvalue weighted by molar-refractivity contribution is 7.99. The van der Waals surface area contributed by atoms with Crippen LogP contribution in [0.5, 0.6) is 11.5 Å². The van der Waals surface area contributed by atoms with Crippen molar-refractivity contribution in [1.82, 2.24) is 10.6 Å². The van der Waals surface area contributed by atoms with E-state index in [2.05, 4.69) is 10.6 Å². The van der Waals surface area contributed by atoms with Crippen LogP contribution in [0.3, 0.4) is 0 Å². The minimum atomic E-state index is -0.583. The monoisotopic (exact) mass is 292 g/mol. The Hall–Kier alpha value is -1.56. The molecule has 3 aliphatic rings. The Morgan fingerprint density at radius 3 is 3.25 bits per heavy atom. The van der Waals surface area contributed by atoms with Gasteiger partial charge in [0.15, 0.2) is 17.2 Å². The Morgan fingerprint density at radius 2 is 2.40 bits per heavy atom. The standard InChI is InChI=1S/C14H16N2O3S/c1-18-10-4-2-3-8-11-9-7-20-6-5-14(9,19-12(8)10)16-13(17)15-11/h2-4,9,11H,5-7H2,1H3,(H2,15,16,17). The van der Waals surface area contributed by atoms with Crippen molar-refractivity contribution in [3.05, 3.63) is 23.8 Å². The fourth-order valence-corrected chi connectivity index (χ4v) is 4.75. The molecule has 3 heterocycles. The van der Waals surface area contributed by atoms with Gasteiger partial charge < -0.3 is 14.8 Å². The highest BCUT2D eigenvalue weighted by Crippen LogP contribution is 2.52. The van der Waals surface area contributed by atoms with E-state index < -0.39 is 5.72 Å². The zero-order valence-electron chi connectivity index (χ0n) is 11.1. The summed E-state index contributed by atoms with van der Waals surface area (Å²) < 4.78 is 11.7. The van der Waals surface area contributed by atoms with E-state index in [1.54, 1.807) is 7.11 Å². The lowest BCUT2D eigenvalue weighted by Gasteiger charge is -2.54. The van der Waals surface area contributed by atoms with Gasteiger partial charge in [-0.2, -0.15) is 11.8 Å². The largest absolute Gasteiger partial charge is 0.493 e. The van der Waals surface area contributed by atoms with Crippen molar-refractivity contribution in [3.63, 3.8) is 0 Å². The second-order valence-corrected chi connectivity index (χ2v) is 6.53. The lowest BCUT2D eigenvalue weighted by atomic mass is 9.79. The number of methoxy groups -OCH3 is 1. The van der Waals surface area contributed by atoms with Crippen molar-refractivity contribution < 1.29 is 14.3 Å². The first-order valence-electron chi connectivity index (χ1n) is 6.76. The number of benzene rings is 1. The smallest absolute Gasteiger partial charge is 0.318 e. The number of urea groups is 1. The van der Waals surface area contributed by atoms with Crippen LogP contribution in [0.1, 0.15) is 18.0 Å². The van der Waals surface area contributed by atoms with E-state index in [0.717, 1.165) is 35.0 Å². The normalized spacial score (nSPS) is 34.0. The minimum Gasteiger partial charge on any atom is -0.493 e. The molecular weight excluding hydrogens is 276 g/mol. The van der Waals surface area contributed by atoms with Gasteiger partial charge in [0.1, 0.15) is 0 Å². The van der Waals surface area contributed by atoms with Crippen LogP contribution in [0.2, 0.25) is 0 Å². The first kappa shape index (κ1) is 12.2. The molecule has 20 heavy (non-hydrogen) atoms. The molecule has 2 bridgehead atoms. The molecule has 0 saturated carbocycles. The van der Waals surface area contributed by atoms with Crippen LogP contribution < -0.4 is 20.1 Å². The molecule has 0 aromatic heterocycles. The molecule has 0 radical (unpaired) electrons. The quantitative estimate of drug-likeness (QED) is 0.830. The van der Waals surface area contributed by atoms with Crippen molar-refractivity contribution in [3.8, 4) is 11.5 Å². The van der Waals surface area contributed by atoms with Gasteiger partial charge in [0.05, 0.1) is 19.1 Å². The molecule has 0 spiro atoms. The SMILES string of the molecule is COc1cccc2c1OC13CCSCC1C2NC(=O)N3. The van der Waals surface area contributed by atoms with Crippen LogP contribution in [0.4, 0.5) is 4.79 Å². The van der Waals surface area contributed by atoms with Gasteiger partial charge in [-0.15, -0.1) is 0 Å². The Balaban J connectivity index is 1.89. The molecule has 5 nitrogen and oxygen atoms in total. The van der Waals surface area contributed by atoms with E-state index >= 15 is 0 Å². The number of hydrogen-bond donors (Lipinski definition) is 2. The molecule has 1 aromatic rings. The van der Waals surface area contributed by atoms with Gasteiger partial charge in [0, 0.05) is 17.7 Å². The molecule has 3 atom stereocenters. The molecule has 4 rings (SSSR count). The van der Waals surface area contributed by atoms with Crippen molar-refractivity contribution in [1.29, 1.82) is 0 Å². The van der Waals surface area contributed by atoms with Crippen molar-refractivity contribution in [2.45, 2.75) is 18.2 Å². The summed E-state index contributed by atoms with van der Waals surface area (Å²) in [7, 11) is 1.64. The van der Waals surface area contributed by atoms with Crippen LogP contribution in [-0.2, 0) is 0 Å². The van der Waals surface area contributed by atoms with E-state index in [0.29, 0.717) is 0 Å². The summed E-state index contributed by atoms with van der Waals surface area (Å²) in [5, 5.41) is 6.06. The lowest BCUT2D eigenvalue weighted by molar-refractivity contribution is -0.0565. The summed E-state index contributed by atoms with van der Waals surface area (Å²) in [6.45, 7) is 0. The third-order valence-electron chi connectivity index (χ3n) is 4.38. The number of para-hydroxylation sites is 1. The average molecular weight is 292 g/mol. The van der Waals surface area contributed by atoms with E-state index in [1.807, 2.05) is 30.0 Å². The van der Waals surface area contributed by atoms with E-state index in [1.165, 1.54) is 0 Å². The van der Waals surface area contributed by atoms with Crippen molar-refractivity contribution >= 4 is 17.8 Å². The number of carbonyl (C=O) groups is 1. The van der Waals surface area contributed by atoms with Crippen molar-refractivity contribution in [2.75, 3.05) is 18.6 Å². The number of thioether (sulfide) groups is 1. The molecule has 0 aliphatic carbocycles. The summed E-state index contributed by atoms with van der Waals surface area (Å²) in [4.78, 5) is 12.0. The van der Waals surface area contributed by atoms with Crippen LogP contribution in [0.25, 0.3) is 0 Å². The average Bonchev–Trinajstić information content (AvgIpc) is 2.45. The second-order valence-electron chi connectivity index (χ2n) is 5.38. The van der Waals surface area contributed by atoms with Gasteiger partial charge in [-0.1, -0.05) is 12.1 Å². The zero-order chi connectivity index (χ0) is 13.7. The van der Waals surface area contributed by atoms with Gasteiger partial charge in [-0.3, -0.25) is 5.32 Å². The summed E-state index contributed by atoms with van der Waals surface area (Å²) >= 11 is 1.92.